The minimum atomic E-state index is -0.585. The molecular formula is C18H20N2O2. The minimum absolute atomic E-state index is 0.00880. The van der Waals surface area contributed by atoms with Crippen molar-refractivity contribution in [2.45, 2.75) is 26.2 Å². The Hall–Kier alpha value is -2.54. The van der Waals surface area contributed by atoms with Gasteiger partial charge in [-0.15, -0.1) is 0 Å². The lowest BCUT2D eigenvalue weighted by molar-refractivity contribution is -0.138. The molecule has 1 aliphatic rings. The molecular weight excluding hydrogens is 276 g/mol. The van der Waals surface area contributed by atoms with Crippen molar-refractivity contribution in [3.63, 3.8) is 0 Å². The Morgan fingerprint density at radius 1 is 1.41 bits per heavy atom. The summed E-state index contributed by atoms with van der Waals surface area (Å²) in [5.74, 6) is -0.585. The van der Waals surface area contributed by atoms with Crippen molar-refractivity contribution in [2.75, 3.05) is 18.6 Å². The van der Waals surface area contributed by atoms with E-state index in [1.807, 2.05) is 31.3 Å². The van der Waals surface area contributed by atoms with Crippen LogP contribution in [0.2, 0.25) is 0 Å². The number of benzene rings is 1. The molecule has 0 radical (unpaired) electrons. The van der Waals surface area contributed by atoms with Crippen LogP contribution in [0.1, 0.15) is 26.3 Å². The van der Waals surface area contributed by atoms with Crippen LogP contribution in [0.5, 0.6) is 0 Å². The first kappa shape index (κ1) is 15.8. The van der Waals surface area contributed by atoms with E-state index in [4.69, 9.17) is 10.00 Å². The molecule has 114 valence electrons. The Bertz CT molecular complexity index is 693. The van der Waals surface area contributed by atoms with Crippen LogP contribution in [0.4, 0.5) is 5.69 Å². The first-order chi connectivity index (χ1) is 10.4. The molecule has 0 unspecified atom stereocenters. The lowest BCUT2D eigenvalue weighted by Gasteiger charge is -2.23. The maximum absolute atomic E-state index is 11.7. The van der Waals surface area contributed by atoms with Gasteiger partial charge in [0.25, 0.3) is 0 Å². The van der Waals surface area contributed by atoms with Gasteiger partial charge in [-0.05, 0) is 30.7 Å². The highest BCUT2D eigenvalue weighted by Crippen LogP contribution is 2.46. The van der Waals surface area contributed by atoms with Crippen molar-refractivity contribution in [1.29, 1.82) is 5.26 Å². The van der Waals surface area contributed by atoms with Crippen molar-refractivity contribution < 1.29 is 9.53 Å². The maximum Gasteiger partial charge on any atom is 0.348 e. The number of fused-ring (bicyclic) bond motifs is 1. The van der Waals surface area contributed by atoms with Crippen molar-refractivity contribution in [3.8, 4) is 6.07 Å². The molecule has 0 aromatic heterocycles. The summed E-state index contributed by atoms with van der Waals surface area (Å²) in [6.07, 6.45) is 3.37. The van der Waals surface area contributed by atoms with E-state index in [1.165, 1.54) is 11.6 Å². The molecule has 22 heavy (non-hydrogen) atoms. The van der Waals surface area contributed by atoms with E-state index < -0.39 is 5.97 Å². The molecule has 0 bridgehead atoms. The number of para-hydroxylation sites is 1. The van der Waals surface area contributed by atoms with Crippen LogP contribution in [0.3, 0.4) is 0 Å². The molecule has 4 heteroatoms. The number of hydrogen-bond donors (Lipinski definition) is 0. The van der Waals surface area contributed by atoms with Gasteiger partial charge < -0.3 is 9.64 Å². The summed E-state index contributed by atoms with van der Waals surface area (Å²) in [6.45, 7) is 6.23. The van der Waals surface area contributed by atoms with Crippen molar-refractivity contribution in [2.24, 2.45) is 0 Å². The van der Waals surface area contributed by atoms with E-state index in [1.54, 1.807) is 6.92 Å². The summed E-state index contributed by atoms with van der Waals surface area (Å²) in [5.41, 5.74) is 3.23. The predicted octanol–water partition coefficient (Wildman–Crippen LogP) is 3.31. The number of likely N-dealkylation sites (N-methyl/N-ethyl adjacent to an activating group) is 1. The lowest BCUT2D eigenvalue weighted by atomic mass is 9.83. The molecule has 4 nitrogen and oxygen atoms in total. The highest BCUT2D eigenvalue weighted by molar-refractivity contribution is 5.93. The lowest BCUT2D eigenvalue weighted by Crippen LogP contribution is -2.22. The van der Waals surface area contributed by atoms with Gasteiger partial charge in [-0.25, -0.2) is 4.79 Å². The molecule has 0 atom stereocenters. The van der Waals surface area contributed by atoms with Crippen molar-refractivity contribution >= 4 is 11.7 Å². The van der Waals surface area contributed by atoms with Gasteiger partial charge in [0.2, 0.25) is 0 Å². The molecule has 0 aliphatic carbocycles. The summed E-state index contributed by atoms with van der Waals surface area (Å²) >= 11 is 0. The van der Waals surface area contributed by atoms with E-state index >= 15 is 0 Å². The highest BCUT2D eigenvalue weighted by Gasteiger charge is 2.37. The second kappa shape index (κ2) is 6.07. The molecule has 1 aromatic rings. The van der Waals surface area contributed by atoms with E-state index in [0.717, 1.165) is 11.4 Å². The molecule has 0 saturated heterocycles. The average molecular weight is 296 g/mol. The van der Waals surface area contributed by atoms with Gasteiger partial charge in [0, 0.05) is 23.8 Å². The fourth-order valence-electron chi connectivity index (χ4n) is 2.82. The predicted molar refractivity (Wildman–Crippen MR) is 86.3 cm³/mol. The third kappa shape index (κ3) is 2.62. The number of rotatable bonds is 3. The van der Waals surface area contributed by atoms with Crippen LogP contribution in [-0.2, 0) is 14.9 Å². The smallest absolute Gasteiger partial charge is 0.348 e. The zero-order valence-corrected chi connectivity index (χ0v) is 13.4. The second-order valence-corrected chi connectivity index (χ2v) is 5.67. The van der Waals surface area contributed by atoms with Gasteiger partial charge in [0.15, 0.2) is 0 Å². The summed E-state index contributed by atoms with van der Waals surface area (Å²) < 4.78 is 4.88. The molecule has 0 fully saturated rings. The molecule has 0 spiro atoms. The third-order valence-corrected chi connectivity index (χ3v) is 3.96. The Kier molecular flexibility index (Phi) is 4.37. The van der Waals surface area contributed by atoms with Crippen LogP contribution in [0.15, 0.2) is 47.7 Å². The number of esters is 1. The highest BCUT2D eigenvalue weighted by atomic mass is 16.5. The van der Waals surface area contributed by atoms with Crippen molar-refractivity contribution in [1.82, 2.24) is 0 Å². The number of nitrogens with zero attached hydrogens (tertiary/aromatic N) is 2. The molecule has 0 saturated carbocycles. The number of carbonyl (C=O) groups is 1. The minimum Gasteiger partial charge on any atom is -0.462 e. The molecule has 1 aliphatic heterocycles. The molecule has 1 aromatic carbocycles. The fourth-order valence-corrected chi connectivity index (χ4v) is 2.82. The first-order valence-electron chi connectivity index (χ1n) is 7.26. The number of anilines is 1. The van der Waals surface area contributed by atoms with Gasteiger partial charge in [0.1, 0.15) is 11.6 Å². The van der Waals surface area contributed by atoms with E-state index in [-0.39, 0.29) is 17.6 Å². The topological polar surface area (TPSA) is 53.3 Å². The van der Waals surface area contributed by atoms with Crippen LogP contribution in [-0.4, -0.2) is 19.6 Å². The zero-order valence-electron chi connectivity index (χ0n) is 13.4. The quantitative estimate of drug-likeness (QED) is 0.488. The normalized spacial score (nSPS) is 18.0. The van der Waals surface area contributed by atoms with E-state index in [2.05, 4.69) is 30.9 Å². The van der Waals surface area contributed by atoms with Crippen LogP contribution >= 0.6 is 0 Å². The number of hydrogen-bond acceptors (Lipinski definition) is 4. The first-order valence-corrected chi connectivity index (χ1v) is 7.26. The number of allylic oxidation sites excluding steroid dienone is 3. The largest absolute Gasteiger partial charge is 0.462 e. The van der Waals surface area contributed by atoms with Gasteiger partial charge in [0.05, 0.1) is 6.61 Å². The number of carbonyl (C=O) groups excluding carboxylic acids is 1. The van der Waals surface area contributed by atoms with E-state index in [0.29, 0.717) is 0 Å². The number of nitriles is 1. The summed E-state index contributed by atoms with van der Waals surface area (Å²) in [5, 5.41) is 9.10. The van der Waals surface area contributed by atoms with Crippen LogP contribution in [0.25, 0.3) is 0 Å². The maximum atomic E-state index is 11.7. The van der Waals surface area contributed by atoms with Gasteiger partial charge in [-0.2, -0.15) is 5.26 Å². The van der Waals surface area contributed by atoms with E-state index in [9.17, 15) is 4.79 Å². The Morgan fingerprint density at radius 2 is 2.09 bits per heavy atom. The van der Waals surface area contributed by atoms with Crippen LogP contribution in [0, 0.1) is 11.3 Å². The second-order valence-electron chi connectivity index (χ2n) is 5.67. The Labute approximate surface area is 131 Å². The van der Waals surface area contributed by atoms with Gasteiger partial charge in [-0.1, -0.05) is 32.0 Å². The number of ether oxygens (including phenoxy) is 1. The van der Waals surface area contributed by atoms with Gasteiger partial charge >= 0.3 is 5.97 Å². The average Bonchev–Trinajstić information content (AvgIpc) is 2.69. The molecule has 1 heterocycles. The Morgan fingerprint density at radius 3 is 2.68 bits per heavy atom. The SMILES string of the molecule is CCOC(=O)/C(C#N)=C/C=C1\N(C)c2ccccc2C1(C)C. The summed E-state index contributed by atoms with van der Waals surface area (Å²) in [4.78, 5) is 13.8. The summed E-state index contributed by atoms with van der Waals surface area (Å²) in [6, 6.07) is 10.1. The Balaban J connectivity index is 2.41. The fraction of sp³-hybridized carbons (Fsp3) is 0.333. The standard InChI is InChI=1S/C18H20N2O2/c1-5-22-17(21)13(12-19)10-11-16-18(2,3)14-8-6-7-9-15(14)20(16)4/h6-11H,5H2,1-4H3/b13-10+,16-11-. The summed E-state index contributed by atoms with van der Waals surface area (Å²) in [7, 11) is 1.99. The molecule has 0 amide bonds. The molecule has 0 N–H and O–H groups in total. The van der Waals surface area contributed by atoms with Crippen LogP contribution < -0.4 is 4.90 Å². The van der Waals surface area contributed by atoms with Gasteiger partial charge in [-0.3, -0.25) is 0 Å². The third-order valence-electron chi connectivity index (χ3n) is 3.96. The zero-order chi connectivity index (χ0) is 16.3. The van der Waals surface area contributed by atoms with Crippen molar-refractivity contribution in [3.05, 3.63) is 53.3 Å². The monoisotopic (exact) mass is 296 g/mol. The molecule has 2 rings (SSSR count).